The van der Waals surface area contributed by atoms with Crippen LogP contribution >= 0.6 is 0 Å². The molecule has 1 atom stereocenters. The molecule has 0 radical (unpaired) electrons. The zero-order valence-electron chi connectivity index (χ0n) is 12.2. The normalized spacial score (nSPS) is 18.9. The molecule has 1 unspecified atom stereocenters. The molecule has 2 rings (SSSR count). The first kappa shape index (κ1) is 15.1. The van der Waals surface area contributed by atoms with Crippen LogP contribution in [0.2, 0.25) is 0 Å². The van der Waals surface area contributed by atoms with Gasteiger partial charge in [-0.05, 0) is 31.7 Å². The molecule has 0 aliphatic carbocycles. The Balaban J connectivity index is 2.16. The van der Waals surface area contributed by atoms with E-state index in [2.05, 4.69) is 16.8 Å². The van der Waals surface area contributed by atoms with E-state index in [9.17, 15) is 10.2 Å². The van der Waals surface area contributed by atoms with Crippen LogP contribution in [0, 0.1) is 0 Å². The monoisotopic (exact) mass is 280 g/mol. The first-order valence-corrected chi connectivity index (χ1v) is 7.15. The summed E-state index contributed by atoms with van der Waals surface area (Å²) in [5.41, 5.74) is 0.985. The second-order valence-corrected chi connectivity index (χ2v) is 5.20. The van der Waals surface area contributed by atoms with Crippen molar-refractivity contribution in [2.45, 2.75) is 13.0 Å². The molecule has 1 fully saturated rings. The molecular formula is C15H24N2O3. The summed E-state index contributed by atoms with van der Waals surface area (Å²) < 4.78 is 5.42. The third-order valence-corrected chi connectivity index (χ3v) is 3.82. The summed E-state index contributed by atoms with van der Waals surface area (Å²) in [5.74, 6) is 0.628. The lowest BCUT2D eigenvalue weighted by atomic mass is 10.0. The largest absolute Gasteiger partial charge is 0.504 e. The number of hydrogen-bond acceptors (Lipinski definition) is 5. The lowest BCUT2D eigenvalue weighted by Gasteiger charge is -2.37. The van der Waals surface area contributed by atoms with Crippen molar-refractivity contribution in [1.82, 2.24) is 9.80 Å². The second kappa shape index (κ2) is 6.92. The third kappa shape index (κ3) is 3.42. The molecule has 1 aliphatic rings. The number of aromatic hydroxyl groups is 1. The van der Waals surface area contributed by atoms with Gasteiger partial charge in [0, 0.05) is 26.2 Å². The van der Waals surface area contributed by atoms with E-state index in [0.29, 0.717) is 12.4 Å². The highest BCUT2D eigenvalue weighted by Crippen LogP contribution is 2.31. The van der Waals surface area contributed by atoms with Crippen LogP contribution in [0.25, 0.3) is 0 Å². The van der Waals surface area contributed by atoms with E-state index in [1.54, 1.807) is 6.07 Å². The highest BCUT2D eigenvalue weighted by Gasteiger charge is 2.24. The Kier molecular flexibility index (Phi) is 5.23. The summed E-state index contributed by atoms with van der Waals surface area (Å²) in [6, 6.07) is 5.29. The van der Waals surface area contributed by atoms with Gasteiger partial charge in [-0.1, -0.05) is 6.07 Å². The van der Waals surface area contributed by atoms with Crippen molar-refractivity contribution < 1.29 is 14.9 Å². The minimum Gasteiger partial charge on any atom is -0.504 e. The molecule has 5 heteroatoms. The number of hydrogen-bond donors (Lipinski definition) is 2. The number of aliphatic hydroxyl groups is 1. The molecule has 0 saturated carbocycles. The molecule has 0 aromatic heterocycles. The minimum atomic E-state index is -0.0384. The standard InChI is InChI=1S/C15H24N2O3/c1-3-20-15-10-12(4-5-14(15)19)13(11-18)17-8-6-16(2)7-9-17/h4-5,10,13,18-19H,3,6-9,11H2,1-2H3. The van der Waals surface area contributed by atoms with E-state index >= 15 is 0 Å². The summed E-state index contributed by atoms with van der Waals surface area (Å²) in [6.07, 6.45) is 0. The number of phenols is 1. The zero-order chi connectivity index (χ0) is 14.5. The van der Waals surface area contributed by atoms with Gasteiger partial charge in [-0.3, -0.25) is 4.90 Å². The molecule has 0 amide bonds. The van der Waals surface area contributed by atoms with Gasteiger partial charge in [0.1, 0.15) is 0 Å². The summed E-state index contributed by atoms with van der Waals surface area (Å²) in [6.45, 7) is 6.35. The SMILES string of the molecule is CCOc1cc(C(CO)N2CCN(C)CC2)ccc1O. The predicted octanol–water partition coefficient (Wildman–Crippen LogP) is 1.07. The number of phenolic OH excluding ortho intramolecular Hbond substituents is 1. The minimum absolute atomic E-state index is 0.0384. The molecule has 5 nitrogen and oxygen atoms in total. The average molecular weight is 280 g/mol. The Morgan fingerprint density at radius 2 is 1.95 bits per heavy atom. The van der Waals surface area contributed by atoms with Crippen LogP contribution in [-0.4, -0.2) is 66.5 Å². The Labute approximate surface area is 120 Å². The quantitative estimate of drug-likeness (QED) is 0.845. The molecule has 1 heterocycles. The first-order valence-electron chi connectivity index (χ1n) is 7.15. The van der Waals surface area contributed by atoms with Crippen LogP contribution < -0.4 is 4.74 Å². The van der Waals surface area contributed by atoms with E-state index in [1.165, 1.54) is 0 Å². The molecule has 0 spiro atoms. The van der Waals surface area contributed by atoms with E-state index < -0.39 is 0 Å². The van der Waals surface area contributed by atoms with E-state index in [1.807, 2.05) is 19.1 Å². The van der Waals surface area contributed by atoms with Gasteiger partial charge < -0.3 is 19.8 Å². The number of aliphatic hydroxyl groups excluding tert-OH is 1. The molecule has 1 aromatic rings. The van der Waals surface area contributed by atoms with Crippen molar-refractivity contribution in [1.29, 1.82) is 0 Å². The summed E-state index contributed by atoms with van der Waals surface area (Å²) in [5, 5.41) is 19.5. The molecule has 2 N–H and O–H groups in total. The van der Waals surface area contributed by atoms with Gasteiger partial charge in [-0.2, -0.15) is 0 Å². The summed E-state index contributed by atoms with van der Waals surface area (Å²) in [7, 11) is 2.11. The number of rotatable bonds is 5. The first-order chi connectivity index (χ1) is 9.65. The zero-order valence-corrected chi connectivity index (χ0v) is 12.2. The summed E-state index contributed by atoms with van der Waals surface area (Å²) in [4.78, 5) is 4.56. The van der Waals surface area contributed by atoms with Crippen molar-refractivity contribution in [3.05, 3.63) is 23.8 Å². The van der Waals surface area contributed by atoms with Crippen molar-refractivity contribution in [3.63, 3.8) is 0 Å². The van der Waals surface area contributed by atoms with E-state index in [-0.39, 0.29) is 18.4 Å². The van der Waals surface area contributed by atoms with Gasteiger partial charge in [0.15, 0.2) is 11.5 Å². The van der Waals surface area contributed by atoms with Gasteiger partial charge >= 0.3 is 0 Å². The molecule has 1 saturated heterocycles. The molecule has 20 heavy (non-hydrogen) atoms. The Morgan fingerprint density at radius 1 is 1.25 bits per heavy atom. The Bertz CT molecular complexity index is 431. The Morgan fingerprint density at radius 3 is 2.55 bits per heavy atom. The average Bonchev–Trinajstić information content (AvgIpc) is 2.45. The maximum atomic E-state index is 9.76. The fourth-order valence-corrected chi connectivity index (χ4v) is 2.57. The number of piperazine rings is 1. The lowest BCUT2D eigenvalue weighted by molar-refractivity contribution is 0.0746. The van der Waals surface area contributed by atoms with Gasteiger partial charge in [-0.25, -0.2) is 0 Å². The molecule has 1 aliphatic heterocycles. The number of likely N-dealkylation sites (N-methyl/N-ethyl adjacent to an activating group) is 1. The van der Waals surface area contributed by atoms with Crippen molar-refractivity contribution >= 4 is 0 Å². The van der Waals surface area contributed by atoms with Crippen molar-refractivity contribution in [3.8, 4) is 11.5 Å². The maximum Gasteiger partial charge on any atom is 0.161 e. The van der Waals surface area contributed by atoms with Gasteiger partial charge in [0.2, 0.25) is 0 Å². The van der Waals surface area contributed by atoms with Crippen LogP contribution in [0.1, 0.15) is 18.5 Å². The van der Waals surface area contributed by atoms with Crippen LogP contribution in [0.4, 0.5) is 0 Å². The van der Waals surface area contributed by atoms with Crippen LogP contribution in [0.5, 0.6) is 11.5 Å². The summed E-state index contributed by atoms with van der Waals surface area (Å²) >= 11 is 0. The van der Waals surface area contributed by atoms with Crippen molar-refractivity contribution in [2.24, 2.45) is 0 Å². The second-order valence-electron chi connectivity index (χ2n) is 5.20. The molecule has 0 bridgehead atoms. The van der Waals surface area contributed by atoms with Crippen LogP contribution in [0.15, 0.2) is 18.2 Å². The van der Waals surface area contributed by atoms with Crippen LogP contribution in [-0.2, 0) is 0 Å². The maximum absolute atomic E-state index is 9.76. The number of nitrogens with zero attached hydrogens (tertiary/aromatic N) is 2. The number of ether oxygens (including phenoxy) is 1. The fourth-order valence-electron chi connectivity index (χ4n) is 2.57. The molecule has 112 valence electrons. The molecular weight excluding hydrogens is 256 g/mol. The van der Waals surface area contributed by atoms with E-state index in [4.69, 9.17) is 4.74 Å². The smallest absolute Gasteiger partial charge is 0.161 e. The topological polar surface area (TPSA) is 56.2 Å². The fraction of sp³-hybridized carbons (Fsp3) is 0.600. The van der Waals surface area contributed by atoms with Gasteiger partial charge in [0.25, 0.3) is 0 Å². The predicted molar refractivity (Wildman–Crippen MR) is 78.2 cm³/mol. The third-order valence-electron chi connectivity index (χ3n) is 3.82. The highest BCUT2D eigenvalue weighted by molar-refractivity contribution is 5.42. The highest BCUT2D eigenvalue weighted by atomic mass is 16.5. The lowest BCUT2D eigenvalue weighted by Crippen LogP contribution is -2.46. The number of benzene rings is 1. The van der Waals surface area contributed by atoms with Crippen molar-refractivity contribution in [2.75, 3.05) is 46.4 Å². The van der Waals surface area contributed by atoms with E-state index in [0.717, 1.165) is 31.7 Å². The van der Waals surface area contributed by atoms with Gasteiger partial charge in [-0.15, -0.1) is 0 Å². The molecule has 1 aromatic carbocycles. The Hall–Kier alpha value is -1.30. The van der Waals surface area contributed by atoms with Crippen LogP contribution in [0.3, 0.4) is 0 Å². The van der Waals surface area contributed by atoms with Gasteiger partial charge in [0.05, 0.1) is 19.3 Å².